The Morgan fingerprint density at radius 1 is 0.969 bits per heavy atom. The van der Waals surface area contributed by atoms with E-state index in [9.17, 15) is 4.79 Å². The summed E-state index contributed by atoms with van der Waals surface area (Å²) in [5, 5.41) is 13.1. The molecule has 1 aromatic heterocycles. The Balaban J connectivity index is 1.53. The van der Waals surface area contributed by atoms with Crippen LogP contribution < -0.4 is 5.32 Å². The van der Waals surface area contributed by atoms with Gasteiger partial charge in [-0.1, -0.05) is 96.2 Å². The van der Waals surface area contributed by atoms with Gasteiger partial charge in [-0.05, 0) is 30.2 Å². The van der Waals surface area contributed by atoms with Gasteiger partial charge in [0.2, 0.25) is 5.91 Å². The van der Waals surface area contributed by atoms with Gasteiger partial charge < -0.3 is 5.32 Å². The Morgan fingerprint density at radius 2 is 1.62 bits per heavy atom. The maximum Gasteiger partial charge on any atom is 0.230 e. The molecule has 0 fully saturated rings. The van der Waals surface area contributed by atoms with Crippen LogP contribution in [0.25, 0.3) is 11.4 Å². The van der Waals surface area contributed by atoms with E-state index in [1.54, 1.807) is 0 Å². The Labute approximate surface area is 196 Å². The van der Waals surface area contributed by atoms with Crippen LogP contribution in [-0.4, -0.2) is 26.4 Å². The number of nitrogens with zero attached hydrogens (tertiary/aromatic N) is 3. The highest BCUT2D eigenvalue weighted by molar-refractivity contribution is 7.99. The van der Waals surface area contributed by atoms with Crippen molar-refractivity contribution >= 4 is 29.3 Å². The van der Waals surface area contributed by atoms with Crippen LogP contribution in [0.2, 0.25) is 5.02 Å². The number of rotatable bonds is 8. The van der Waals surface area contributed by atoms with E-state index < -0.39 is 0 Å². The van der Waals surface area contributed by atoms with Crippen LogP contribution >= 0.6 is 23.4 Å². The molecule has 4 rings (SSSR count). The minimum Gasteiger partial charge on any atom is -0.349 e. The molecule has 7 heteroatoms. The molecule has 4 aromatic rings. The van der Waals surface area contributed by atoms with E-state index in [0.29, 0.717) is 22.5 Å². The van der Waals surface area contributed by atoms with E-state index >= 15 is 0 Å². The van der Waals surface area contributed by atoms with Crippen LogP contribution in [0.3, 0.4) is 0 Å². The molecular weight excluding hydrogens is 440 g/mol. The topological polar surface area (TPSA) is 59.8 Å². The van der Waals surface area contributed by atoms with Crippen LogP contribution in [0.1, 0.15) is 24.1 Å². The summed E-state index contributed by atoms with van der Waals surface area (Å²) in [5.74, 6) is 0.868. The summed E-state index contributed by atoms with van der Waals surface area (Å²) in [7, 11) is 0. The summed E-state index contributed by atoms with van der Waals surface area (Å²) < 4.78 is 2.01. The summed E-state index contributed by atoms with van der Waals surface area (Å²) in [6, 6.07) is 27.5. The molecule has 1 heterocycles. The molecule has 5 nitrogen and oxygen atoms in total. The molecule has 0 aliphatic rings. The molecule has 3 aromatic carbocycles. The number of carbonyl (C=O) groups is 1. The first-order chi connectivity index (χ1) is 15.6. The molecule has 1 unspecified atom stereocenters. The second kappa shape index (κ2) is 10.5. The first-order valence-corrected chi connectivity index (χ1v) is 11.7. The highest BCUT2D eigenvalue weighted by atomic mass is 35.5. The fourth-order valence-electron chi connectivity index (χ4n) is 3.38. The number of halogens is 1. The molecule has 0 aliphatic heterocycles. The predicted octanol–water partition coefficient (Wildman–Crippen LogP) is 5.62. The Kier molecular flexibility index (Phi) is 7.24. The average molecular weight is 463 g/mol. The van der Waals surface area contributed by atoms with Gasteiger partial charge in [-0.3, -0.25) is 9.36 Å². The third-order valence-corrected chi connectivity index (χ3v) is 6.32. The van der Waals surface area contributed by atoms with E-state index in [1.165, 1.54) is 11.8 Å². The summed E-state index contributed by atoms with van der Waals surface area (Å²) in [6.45, 7) is 2.56. The third kappa shape index (κ3) is 5.39. The minimum absolute atomic E-state index is 0.0556. The number of carbonyl (C=O) groups excluding carboxylic acids is 1. The number of thioether (sulfide) groups is 1. The van der Waals surface area contributed by atoms with E-state index in [0.717, 1.165) is 16.7 Å². The SMILES string of the molecule is CC(NC(=O)CSc1nnc(-c2ccccc2Cl)n1Cc1ccccc1)c1ccccc1. The fraction of sp³-hybridized carbons (Fsp3) is 0.160. The van der Waals surface area contributed by atoms with E-state index in [4.69, 9.17) is 11.6 Å². The van der Waals surface area contributed by atoms with Gasteiger partial charge in [0, 0.05) is 5.56 Å². The second-order valence-corrected chi connectivity index (χ2v) is 8.70. The van der Waals surface area contributed by atoms with Crippen molar-refractivity contribution in [3.63, 3.8) is 0 Å². The minimum atomic E-state index is -0.0647. The van der Waals surface area contributed by atoms with Crippen LogP contribution in [-0.2, 0) is 11.3 Å². The number of nitrogens with one attached hydrogen (secondary N) is 1. The zero-order valence-electron chi connectivity index (χ0n) is 17.6. The highest BCUT2D eigenvalue weighted by Gasteiger charge is 2.18. The van der Waals surface area contributed by atoms with Crippen molar-refractivity contribution in [1.29, 1.82) is 0 Å². The van der Waals surface area contributed by atoms with Crippen molar-refractivity contribution in [3.05, 3.63) is 101 Å². The Bertz CT molecular complexity index is 1180. The van der Waals surface area contributed by atoms with Crippen LogP contribution in [0.5, 0.6) is 0 Å². The molecular formula is C25H23ClN4OS. The molecule has 1 N–H and O–H groups in total. The Hall–Kier alpha value is -3.09. The third-order valence-electron chi connectivity index (χ3n) is 5.02. The summed E-state index contributed by atoms with van der Waals surface area (Å²) in [6.07, 6.45) is 0. The molecule has 0 radical (unpaired) electrons. The molecule has 0 saturated heterocycles. The molecule has 1 atom stereocenters. The van der Waals surface area contributed by atoms with Crippen LogP contribution in [0, 0.1) is 0 Å². The normalized spacial score (nSPS) is 11.8. The quantitative estimate of drug-likeness (QED) is 0.345. The lowest BCUT2D eigenvalue weighted by Gasteiger charge is -2.14. The number of amides is 1. The molecule has 162 valence electrons. The molecule has 1 amide bonds. The van der Waals surface area contributed by atoms with Gasteiger partial charge in [-0.15, -0.1) is 10.2 Å². The highest BCUT2D eigenvalue weighted by Crippen LogP contribution is 2.30. The zero-order valence-corrected chi connectivity index (χ0v) is 19.2. The molecule has 0 aliphatic carbocycles. The first-order valence-electron chi connectivity index (χ1n) is 10.3. The van der Waals surface area contributed by atoms with E-state index in [-0.39, 0.29) is 17.7 Å². The number of benzene rings is 3. The van der Waals surface area contributed by atoms with Crippen molar-refractivity contribution < 1.29 is 4.79 Å². The molecule has 0 saturated carbocycles. The lowest BCUT2D eigenvalue weighted by atomic mass is 10.1. The van der Waals surface area contributed by atoms with Crippen LogP contribution in [0.15, 0.2) is 90.1 Å². The fourth-order valence-corrected chi connectivity index (χ4v) is 4.35. The molecule has 32 heavy (non-hydrogen) atoms. The van der Waals surface area contributed by atoms with Gasteiger partial charge in [-0.25, -0.2) is 0 Å². The lowest BCUT2D eigenvalue weighted by Crippen LogP contribution is -2.28. The Morgan fingerprint density at radius 3 is 2.34 bits per heavy atom. The summed E-state index contributed by atoms with van der Waals surface area (Å²) in [4.78, 5) is 12.6. The first kappa shape index (κ1) is 22.1. The predicted molar refractivity (Wildman–Crippen MR) is 130 cm³/mol. The van der Waals surface area contributed by atoms with Crippen molar-refractivity contribution in [1.82, 2.24) is 20.1 Å². The summed E-state index contributed by atoms with van der Waals surface area (Å²) in [5.41, 5.74) is 3.00. The van der Waals surface area contributed by atoms with Crippen molar-refractivity contribution in [2.75, 3.05) is 5.75 Å². The van der Waals surface area contributed by atoms with E-state index in [1.807, 2.05) is 84.3 Å². The molecule has 0 bridgehead atoms. The standard InChI is InChI=1S/C25H23ClN4OS/c1-18(20-12-6-3-7-13-20)27-23(31)17-32-25-29-28-24(21-14-8-9-15-22(21)26)30(25)16-19-10-4-2-5-11-19/h2-15,18H,16-17H2,1H3,(H,27,31). The van der Waals surface area contributed by atoms with Gasteiger partial charge in [0.15, 0.2) is 11.0 Å². The van der Waals surface area contributed by atoms with Gasteiger partial charge in [0.1, 0.15) is 0 Å². The van der Waals surface area contributed by atoms with Crippen molar-refractivity contribution in [2.45, 2.75) is 24.7 Å². The number of aromatic nitrogens is 3. The van der Waals surface area contributed by atoms with Crippen molar-refractivity contribution in [3.8, 4) is 11.4 Å². The smallest absolute Gasteiger partial charge is 0.230 e. The zero-order chi connectivity index (χ0) is 22.3. The number of hydrogen-bond donors (Lipinski definition) is 1. The van der Waals surface area contributed by atoms with E-state index in [2.05, 4.69) is 27.6 Å². The van der Waals surface area contributed by atoms with Gasteiger partial charge in [-0.2, -0.15) is 0 Å². The van der Waals surface area contributed by atoms with Crippen molar-refractivity contribution in [2.24, 2.45) is 0 Å². The largest absolute Gasteiger partial charge is 0.349 e. The van der Waals surface area contributed by atoms with Gasteiger partial charge in [0.25, 0.3) is 0 Å². The lowest BCUT2D eigenvalue weighted by molar-refractivity contribution is -0.119. The maximum absolute atomic E-state index is 12.6. The molecule has 0 spiro atoms. The van der Waals surface area contributed by atoms with Gasteiger partial charge >= 0.3 is 0 Å². The monoisotopic (exact) mass is 462 g/mol. The van der Waals surface area contributed by atoms with Crippen LogP contribution in [0.4, 0.5) is 0 Å². The summed E-state index contributed by atoms with van der Waals surface area (Å²) >= 11 is 7.80. The maximum atomic E-state index is 12.6. The second-order valence-electron chi connectivity index (χ2n) is 7.35. The number of hydrogen-bond acceptors (Lipinski definition) is 4. The average Bonchev–Trinajstić information content (AvgIpc) is 3.21. The van der Waals surface area contributed by atoms with Gasteiger partial charge in [0.05, 0.1) is 23.4 Å².